The highest BCUT2D eigenvalue weighted by atomic mass is 16.5. The van der Waals surface area contributed by atoms with Crippen molar-refractivity contribution in [1.82, 2.24) is 20.0 Å². The summed E-state index contributed by atoms with van der Waals surface area (Å²) in [4.78, 5) is 23.1. The van der Waals surface area contributed by atoms with Crippen molar-refractivity contribution < 1.29 is 14.1 Å². The van der Waals surface area contributed by atoms with Gasteiger partial charge in [-0.25, -0.2) is 9.97 Å². The molecule has 0 saturated carbocycles. The zero-order valence-corrected chi connectivity index (χ0v) is 18.2. The normalized spacial score (nSPS) is 14.3. The second-order valence-electron chi connectivity index (χ2n) is 7.99. The third kappa shape index (κ3) is 5.16. The summed E-state index contributed by atoms with van der Waals surface area (Å²) < 4.78 is 10.4. The van der Waals surface area contributed by atoms with Crippen LogP contribution in [0.4, 0.5) is 17.3 Å². The lowest BCUT2D eigenvalue weighted by Gasteiger charge is -2.27. The van der Waals surface area contributed by atoms with Crippen LogP contribution < -0.4 is 10.6 Å². The number of carbonyl (C=O) groups is 1. The van der Waals surface area contributed by atoms with E-state index in [9.17, 15) is 4.79 Å². The van der Waals surface area contributed by atoms with Crippen molar-refractivity contribution in [2.45, 2.75) is 13.5 Å². The molecule has 5 rings (SSSR count). The molecule has 0 aliphatic carbocycles. The van der Waals surface area contributed by atoms with Gasteiger partial charge in [0, 0.05) is 55.1 Å². The Kier molecular flexibility index (Phi) is 5.97. The topological polar surface area (TPSA) is 105 Å². The molecule has 1 amide bonds. The Morgan fingerprint density at radius 3 is 2.70 bits per heavy atom. The molecule has 9 nitrogen and oxygen atoms in total. The first kappa shape index (κ1) is 21.0. The number of nitrogens with one attached hydrogen (secondary N) is 2. The van der Waals surface area contributed by atoms with E-state index in [4.69, 9.17) is 9.26 Å². The summed E-state index contributed by atoms with van der Waals surface area (Å²) in [6, 6.07) is 11.9. The molecule has 2 aromatic heterocycles. The smallest absolute Gasteiger partial charge is 0.227 e. The number of hydrogen-bond donors (Lipinski definition) is 2. The molecule has 4 aromatic rings. The second-order valence-corrected chi connectivity index (χ2v) is 7.99. The Morgan fingerprint density at radius 1 is 1.06 bits per heavy atom. The number of carbonyl (C=O) groups excluding carboxylic acids is 1. The maximum absolute atomic E-state index is 11.7. The summed E-state index contributed by atoms with van der Waals surface area (Å²) in [5.41, 5.74) is 5.34. The zero-order chi connectivity index (χ0) is 22.6. The van der Waals surface area contributed by atoms with Crippen molar-refractivity contribution in [1.29, 1.82) is 0 Å². The molecule has 0 atom stereocenters. The van der Waals surface area contributed by atoms with Gasteiger partial charge in [-0.3, -0.25) is 9.69 Å². The standard InChI is InChI=1S/C24H24N6O3/c1-16(31)27-21-8-17(14-30-4-6-32-7-5-30)9-22(11-21)28-24-25-12-19-10-18(2-3-23(19)29-24)20-13-26-33-15-20/h2-3,8-13,15H,4-7,14H2,1H3,(H,27,31)(H,25,28,29). The molecule has 33 heavy (non-hydrogen) atoms. The maximum Gasteiger partial charge on any atom is 0.227 e. The predicted molar refractivity (Wildman–Crippen MR) is 125 cm³/mol. The van der Waals surface area contributed by atoms with E-state index in [1.54, 1.807) is 18.7 Å². The van der Waals surface area contributed by atoms with E-state index < -0.39 is 0 Å². The van der Waals surface area contributed by atoms with Crippen molar-refractivity contribution in [3.63, 3.8) is 0 Å². The third-order valence-corrected chi connectivity index (χ3v) is 5.42. The van der Waals surface area contributed by atoms with E-state index in [-0.39, 0.29) is 5.91 Å². The van der Waals surface area contributed by atoms with Crippen LogP contribution in [0.3, 0.4) is 0 Å². The summed E-state index contributed by atoms with van der Waals surface area (Å²) in [7, 11) is 0. The molecule has 1 aliphatic heterocycles. The van der Waals surface area contributed by atoms with Crippen LogP contribution in [0.5, 0.6) is 0 Å². The summed E-state index contributed by atoms with van der Waals surface area (Å²) >= 11 is 0. The lowest BCUT2D eigenvalue weighted by atomic mass is 10.1. The van der Waals surface area contributed by atoms with Gasteiger partial charge in [0.05, 0.1) is 24.9 Å². The number of amides is 1. The van der Waals surface area contributed by atoms with Crippen molar-refractivity contribution in [2.24, 2.45) is 0 Å². The highest BCUT2D eigenvalue weighted by Gasteiger charge is 2.13. The minimum absolute atomic E-state index is 0.116. The summed E-state index contributed by atoms with van der Waals surface area (Å²) in [6.07, 6.45) is 5.07. The van der Waals surface area contributed by atoms with Crippen molar-refractivity contribution in [3.8, 4) is 11.1 Å². The fourth-order valence-corrected chi connectivity index (χ4v) is 3.90. The van der Waals surface area contributed by atoms with Crippen molar-refractivity contribution in [2.75, 3.05) is 36.9 Å². The number of rotatable bonds is 6. The molecule has 0 spiro atoms. The fourth-order valence-electron chi connectivity index (χ4n) is 3.90. The van der Waals surface area contributed by atoms with Crippen LogP contribution in [0.15, 0.2) is 59.6 Å². The van der Waals surface area contributed by atoms with Gasteiger partial charge in [0.25, 0.3) is 0 Å². The molecule has 3 heterocycles. The SMILES string of the molecule is CC(=O)Nc1cc(CN2CCOCC2)cc(Nc2ncc3cc(-c4cnoc4)ccc3n2)c1. The first-order chi connectivity index (χ1) is 16.1. The van der Waals surface area contributed by atoms with Crippen LogP contribution in [0.25, 0.3) is 22.0 Å². The number of nitrogens with zero attached hydrogens (tertiary/aromatic N) is 4. The molecule has 0 radical (unpaired) electrons. The predicted octanol–water partition coefficient (Wildman–Crippen LogP) is 3.82. The van der Waals surface area contributed by atoms with Crippen molar-refractivity contribution in [3.05, 3.63) is 60.6 Å². The number of hydrogen-bond acceptors (Lipinski definition) is 8. The van der Waals surface area contributed by atoms with Crippen LogP contribution in [-0.4, -0.2) is 52.2 Å². The Labute approximate surface area is 190 Å². The Morgan fingerprint density at radius 2 is 1.91 bits per heavy atom. The van der Waals surface area contributed by atoms with Gasteiger partial charge in [0.2, 0.25) is 11.9 Å². The monoisotopic (exact) mass is 444 g/mol. The molecule has 1 saturated heterocycles. The average Bonchev–Trinajstić information content (AvgIpc) is 3.34. The van der Waals surface area contributed by atoms with Crippen LogP contribution in [0.1, 0.15) is 12.5 Å². The first-order valence-corrected chi connectivity index (χ1v) is 10.8. The molecule has 0 unspecified atom stereocenters. The van der Waals surface area contributed by atoms with E-state index in [2.05, 4.69) is 36.7 Å². The quantitative estimate of drug-likeness (QED) is 0.462. The van der Waals surface area contributed by atoms with Crippen LogP contribution in [0, 0.1) is 0 Å². The number of fused-ring (bicyclic) bond motifs is 1. The van der Waals surface area contributed by atoms with Gasteiger partial charge in [-0.2, -0.15) is 0 Å². The van der Waals surface area contributed by atoms with E-state index in [0.29, 0.717) is 5.95 Å². The molecule has 0 bridgehead atoms. The van der Waals surface area contributed by atoms with Crippen LogP contribution in [0.2, 0.25) is 0 Å². The molecular weight excluding hydrogens is 420 g/mol. The van der Waals surface area contributed by atoms with Crippen LogP contribution in [-0.2, 0) is 16.1 Å². The Hall–Kier alpha value is -3.82. The molecule has 2 aromatic carbocycles. The van der Waals surface area contributed by atoms with E-state index in [1.807, 2.05) is 30.3 Å². The first-order valence-electron chi connectivity index (χ1n) is 10.8. The van der Waals surface area contributed by atoms with E-state index >= 15 is 0 Å². The Balaban J connectivity index is 1.40. The van der Waals surface area contributed by atoms with E-state index in [0.717, 1.165) is 71.8 Å². The van der Waals surface area contributed by atoms with E-state index in [1.165, 1.54) is 6.92 Å². The molecule has 1 fully saturated rings. The summed E-state index contributed by atoms with van der Waals surface area (Å²) in [5.74, 6) is 0.368. The minimum atomic E-state index is -0.116. The van der Waals surface area contributed by atoms with Gasteiger partial charge in [-0.05, 0) is 41.5 Å². The maximum atomic E-state index is 11.7. The molecular formula is C24H24N6O3. The third-order valence-electron chi connectivity index (χ3n) is 5.42. The molecule has 168 valence electrons. The number of anilines is 3. The number of ether oxygens (including phenoxy) is 1. The molecule has 2 N–H and O–H groups in total. The molecule has 1 aliphatic rings. The lowest BCUT2D eigenvalue weighted by molar-refractivity contribution is -0.114. The highest BCUT2D eigenvalue weighted by molar-refractivity contribution is 5.89. The van der Waals surface area contributed by atoms with Gasteiger partial charge in [0.1, 0.15) is 6.26 Å². The zero-order valence-electron chi connectivity index (χ0n) is 18.2. The van der Waals surface area contributed by atoms with Gasteiger partial charge in [-0.15, -0.1) is 0 Å². The molecule has 9 heteroatoms. The summed E-state index contributed by atoms with van der Waals surface area (Å²) in [5, 5.41) is 10.8. The lowest BCUT2D eigenvalue weighted by Crippen LogP contribution is -2.35. The fraction of sp³-hybridized carbons (Fsp3) is 0.250. The number of aromatic nitrogens is 3. The van der Waals surface area contributed by atoms with Crippen molar-refractivity contribution >= 4 is 34.1 Å². The van der Waals surface area contributed by atoms with Crippen LogP contribution >= 0.6 is 0 Å². The number of benzene rings is 2. The summed E-state index contributed by atoms with van der Waals surface area (Å²) in [6.45, 7) is 5.52. The number of morpholine rings is 1. The largest absolute Gasteiger partial charge is 0.379 e. The van der Waals surface area contributed by atoms with Gasteiger partial charge >= 0.3 is 0 Å². The highest BCUT2D eigenvalue weighted by Crippen LogP contribution is 2.26. The average molecular weight is 444 g/mol. The second kappa shape index (κ2) is 9.35. The van der Waals surface area contributed by atoms with Gasteiger partial charge in [0.15, 0.2) is 0 Å². The minimum Gasteiger partial charge on any atom is -0.379 e. The van der Waals surface area contributed by atoms with Gasteiger partial charge < -0.3 is 19.9 Å². The van der Waals surface area contributed by atoms with Gasteiger partial charge in [-0.1, -0.05) is 11.2 Å². The Bertz CT molecular complexity index is 1270.